The lowest BCUT2D eigenvalue weighted by atomic mass is 9.89. The van der Waals surface area contributed by atoms with Crippen LogP contribution >= 0.6 is 0 Å². The first-order chi connectivity index (χ1) is 9.20. The third kappa shape index (κ3) is 4.46. The van der Waals surface area contributed by atoms with Crippen molar-refractivity contribution in [1.82, 2.24) is 4.90 Å². The predicted molar refractivity (Wildman–Crippen MR) is 81.9 cm³/mol. The average Bonchev–Trinajstić information content (AvgIpc) is 2.49. The largest absolute Gasteiger partial charge is 0.304 e. The maximum Gasteiger partial charge on any atom is 0.159 e. The van der Waals surface area contributed by atoms with Gasteiger partial charge in [-0.05, 0) is 50.9 Å². The molecule has 2 nitrogen and oxygen atoms in total. The maximum atomic E-state index is 11.2. The SMILES string of the molecule is CC.CCN1CCC(c2ccc(C(C)=O)cc2)CC1. The molecule has 19 heavy (non-hydrogen) atoms. The molecular formula is C17H27NO. The number of carbonyl (C=O) groups is 1. The molecule has 1 aliphatic rings. The van der Waals surface area contributed by atoms with Gasteiger partial charge >= 0.3 is 0 Å². The van der Waals surface area contributed by atoms with E-state index in [-0.39, 0.29) is 5.78 Å². The average molecular weight is 261 g/mol. The van der Waals surface area contributed by atoms with Crippen molar-refractivity contribution < 1.29 is 4.79 Å². The third-order valence-electron chi connectivity index (χ3n) is 3.82. The maximum absolute atomic E-state index is 11.2. The normalized spacial score (nSPS) is 16.6. The fourth-order valence-electron chi connectivity index (χ4n) is 2.57. The summed E-state index contributed by atoms with van der Waals surface area (Å²) in [6.45, 7) is 11.4. The predicted octanol–water partition coefficient (Wildman–Crippen LogP) is 4.11. The molecular weight excluding hydrogens is 234 g/mol. The van der Waals surface area contributed by atoms with Gasteiger partial charge in [0.25, 0.3) is 0 Å². The highest BCUT2D eigenvalue weighted by molar-refractivity contribution is 5.94. The molecule has 0 atom stereocenters. The Hall–Kier alpha value is -1.15. The van der Waals surface area contributed by atoms with E-state index >= 15 is 0 Å². The number of hydrogen-bond acceptors (Lipinski definition) is 2. The highest BCUT2D eigenvalue weighted by atomic mass is 16.1. The second-order valence-electron chi connectivity index (χ2n) is 4.89. The number of piperidine rings is 1. The summed E-state index contributed by atoms with van der Waals surface area (Å²) in [5.41, 5.74) is 2.21. The van der Waals surface area contributed by atoms with Gasteiger partial charge in [-0.3, -0.25) is 4.79 Å². The van der Waals surface area contributed by atoms with E-state index in [9.17, 15) is 4.79 Å². The minimum absolute atomic E-state index is 0.150. The molecule has 0 aliphatic carbocycles. The molecule has 2 heteroatoms. The highest BCUT2D eigenvalue weighted by Crippen LogP contribution is 2.27. The minimum Gasteiger partial charge on any atom is -0.304 e. The van der Waals surface area contributed by atoms with Crippen molar-refractivity contribution in [3.63, 3.8) is 0 Å². The lowest BCUT2D eigenvalue weighted by Gasteiger charge is -2.31. The molecule has 0 unspecified atom stereocenters. The molecule has 2 rings (SSSR count). The molecule has 1 saturated heterocycles. The summed E-state index contributed by atoms with van der Waals surface area (Å²) >= 11 is 0. The zero-order chi connectivity index (χ0) is 14.3. The Balaban J connectivity index is 0.000000861. The van der Waals surface area contributed by atoms with E-state index in [1.54, 1.807) is 6.92 Å². The number of likely N-dealkylation sites (tertiary alicyclic amines) is 1. The summed E-state index contributed by atoms with van der Waals surface area (Å²) in [5, 5.41) is 0. The second-order valence-corrected chi connectivity index (χ2v) is 4.89. The Morgan fingerprint density at radius 1 is 1.16 bits per heavy atom. The van der Waals surface area contributed by atoms with Crippen LogP contribution in [-0.4, -0.2) is 30.3 Å². The van der Waals surface area contributed by atoms with Crippen LogP contribution in [0.3, 0.4) is 0 Å². The molecule has 106 valence electrons. The Morgan fingerprint density at radius 2 is 1.68 bits per heavy atom. The van der Waals surface area contributed by atoms with Gasteiger partial charge in [0.05, 0.1) is 0 Å². The molecule has 0 amide bonds. The van der Waals surface area contributed by atoms with Crippen LogP contribution in [0.1, 0.15) is 62.4 Å². The van der Waals surface area contributed by atoms with Crippen LogP contribution in [0.5, 0.6) is 0 Å². The van der Waals surface area contributed by atoms with Gasteiger partial charge in [-0.2, -0.15) is 0 Å². The fourth-order valence-corrected chi connectivity index (χ4v) is 2.57. The number of ketones is 1. The van der Waals surface area contributed by atoms with Gasteiger partial charge in [-0.15, -0.1) is 0 Å². The summed E-state index contributed by atoms with van der Waals surface area (Å²) in [4.78, 5) is 13.7. The molecule has 0 N–H and O–H groups in total. The number of hydrogen-bond donors (Lipinski definition) is 0. The van der Waals surface area contributed by atoms with Gasteiger partial charge in [-0.25, -0.2) is 0 Å². The van der Waals surface area contributed by atoms with Gasteiger partial charge in [0.15, 0.2) is 5.78 Å². The van der Waals surface area contributed by atoms with E-state index in [1.165, 1.54) is 31.5 Å². The first-order valence-corrected chi connectivity index (χ1v) is 7.54. The molecule has 0 spiro atoms. The van der Waals surface area contributed by atoms with Crippen LogP contribution in [0.25, 0.3) is 0 Å². The van der Waals surface area contributed by atoms with E-state index in [2.05, 4.69) is 24.0 Å². The van der Waals surface area contributed by atoms with Crippen LogP contribution in [-0.2, 0) is 0 Å². The zero-order valence-corrected chi connectivity index (χ0v) is 12.8. The van der Waals surface area contributed by atoms with Crippen molar-refractivity contribution >= 4 is 5.78 Å². The van der Waals surface area contributed by atoms with E-state index in [4.69, 9.17) is 0 Å². The second kappa shape index (κ2) is 8.11. The Morgan fingerprint density at radius 3 is 2.11 bits per heavy atom. The molecule has 1 fully saturated rings. The standard InChI is InChI=1S/C15H21NO.C2H6/c1-3-16-10-8-15(9-11-16)14-6-4-13(5-7-14)12(2)17;1-2/h4-7,15H,3,8-11H2,1-2H3;1-2H3. The molecule has 1 aromatic carbocycles. The fraction of sp³-hybridized carbons (Fsp3) is 0.588. The lowest BCUT2D eigenvalue weighted by molar-refractivity contribution is 0.101. The number of nitrogens with zero attached hydrogens (tertiary/aromatic N) is 1. The number of benzene rings is 1. The van der Waals surface area contributed by atoms with Crippen LogP contribution in [0.2, 0.25) is 0 Å². The minimum atomic E-state index is 0.150. The smallest absolute Gasteiger partial charge is 0.159 e. The van der Waals surface area contributed by atoms with E-state index in [0.29, 0.717) is 5.92 Å². The Bertz CT molecular complexity index is 375. The van der Waals surface area contributed by atoms with Gasteiger partial charge in [-0.1, -0.05) is 45.0 Å². The molecule has 0 radical (unpaired) electrons. The highest BCUT2D eigenvalue weighted by Gasteiger charge is 2.19. The molecule has 0 aromatic heterocycles. The van der Waals surface area contributed by atoms with Crippen LogP contribution in [0.4, 0.5) is 0 Å². The van der Waals surface area contributed by atoms with Crippen molar-refractivity contribution in [2.24, 2.45) is 0 Å². The van der Waals surface area contributed by atoms with Crippen molar-refractivity contribution in [1.29, 1.82) is 0 Å². The van der Waals surface area contributed by atoms with Crippen molar-refractivity contribution in [3.05, 3.63) is 35.4 Å². The van der Waals surface area contributed by atoms with Crippen LogP contribution in [0.15, 0.2) is 24.3 Å². The number of carbonyl (C=O) groups excluding carboxylic acids is 1. The number of rotatable bonds is 3. The number of Topliss-reactive ketones (excluding diaryl/α,β-unsaturated/α-hetero) is 1. The molecule has 0 saturated carbocycles. The first-order valence-electron chi connectivity index (χ1n) is 7.54. The lowest BCUT2D eigenvalue weighted by Crippen LogP contribution is -2.32. The van der Waals surface area contributed by atoms with Gasteiger partial charge < -0.3 is 4.90 Å². The summed E-state index contributed by atoms with van der Waals surface area (Å²) in [5.74, 6) is 0.830. The summed E-state index contributed by atoms with van der Waals surface area (Å²) < 4.78 is 0. The van der Waals surface area contributed by atoms with E-state index in [1.807, 2.05) is 26.0 Å². The summed E-state index contributed by atoms with van der Waals surface area (Å²) in [6, 6.07) is 8.18. The first kappa shape index (κ1) is 15.9. The summed E-state index contributed by atoms with van der Waals surface area (Å²) in [6.07, 6.45) is 2.49. The monoisotopic (exact) mass is 261 g/mol. The van der Waals surface area contributed by atoms with Crippen LogP contribution < -0.4 is 0 Å². The Labute approximate surface area is 117 Å². The topological polar surface area (TPSA) is 20.3 Å². The Kier molecular flexibility index (Phi) is 6.79. The van der Waals surface area contributed by atoms with Crippen molar-refractivity contribution in [2.75, 3.05) is 19.6 Å². The molecule has 1 aliphatic heterocycles. The van der Waals surface area contributed by atoms with Crippen molar-refractivity contribution in [2.45, 2.75) is 46.5 Å². The van der Waals surface area contributed by atoms with Gasteiger partial charge in [0, 0.05) is 5.56 Å². The van der Waals surface area contributed by atoms with E-state index < -0.39 is 0 Å². The summed E-state index contributed by atoms with van der Waals surface area (Å²) in [7, 11) is 0. The van der Waals surface area contributed by atoms with E-state index in [0.717, 1.165) is 12.1 Å². The zero-order valence-electron chi connectivity index (χ0n) is 12.8. The molecule has 1 aromatic rings. The third-order valence-corrected chi connectivity index (χ3v) is 3.82. The van der Waals surface area contributed by atoms with Gasteiger partial charge in [0.2, 0.25) is 0 Å². The molecule has 0 bridgehead atoms. The van der Waals surface area contributed by atoms with Gasteiger partial charge in [0.1, 0.15) is 0 Å². The quantitative estimate of drug-likeness (QED) is 0.763. The van der Waals surface area contributed by atoms with Crippen molar-refractivity contribution in [3.8, 4) is 0 Å². The van der Waals surface area contributed by atoms with Crippen LogP contribution in [0, 0.1) is 0 Å². The molecule has 1 heterocycles.